The van der Waals surface area contributed by atoms with Crippen molar-refractivity contribution in [3.63, 3.8) is 0 Å². The van der Waals surface area contributed by atoms with Crippen molar-refractivity contribution in [3.8, 4) is 11.5 Å². The highest BCUT2D eigenvalue weighted by Crippen LogP contribution is 2.35. The summed E-state index contributed by atoms with van der Waals surface area (Å²) in [5.41, 5.74) is 3.73. The molecule has 2 heterocycles. The highest BCUT2D eigenvalue weighted by Gasteiger charge is 2.33. The fourth-order valence-corrected chi connectivity index (χ4v) is 5.06. The number of ether oxygens (including phenoxy) is 1. The Morgan fingerprint density at radius 1 is 0.923 bits per heavy atom. The molecule has 0 spiro atoms. The lowest BCUT2D eigenvalue weighted by Gasteiger charge is -2.38. The summed E-state index contributed by atoms with van der Waals surface area (Å²) in [6.07, 6.45) is 2.80. The summed E-state index contributed by atoms with van der Waals surface area (Å²) in [5, 5.41) is 2.98. The van der Waals surface area contributed by atoms with Crippen molar-refractivity contribution in [1.29, 1.82) is 0 Å². The predicted molar refractivity (Wildman–Crippen MR) is 153 cm³/mol. The Morgan fingerprint density at radius 3 is 2.49 bits per heavy atom. The molecule has 0 radical (unpaired) electrons. The van der Waals surface area contributed by atoms with E-state index in [1.54, 1.807) is 4.90 Å². The van der Waals surface area contributed by atoms with Crippen LogP contribution in [0, 0.1) is 6.92 Å². The Kier molecular flexibility index (Phi) is 7.96. The van der Waals surface area contributed by atoms with Gasteiger partial charge in [0.2, 0.25) is 5.91 Å². The average molecular weight is 523 g/mol. The van der Waals surface area contributed by atoms with Crippen LogP contribution in [0.25, 0.3) is 0 Å². The van der Waals surface area contributed by atoms with Gasteiger partial charge in [-0.05, 0) is 66.9 Å². The number of nitrogens with one attached hydrogen (secondary N) is 1. The van der Waals surface area contributed by atoms with Crippen molar-refractivity contribution >= 4 is 17.6 Å². The minimum absolute atomic E-state index is 0.00295. The molecule has 1 aliphatic heterocycles. The number of carbonyl (C=O) groups excluding carboxylic acids is 2. The van der Waals surface area contributed by atoms with Gasteiger partial charge in [0.15, 0.2) is 0 Å². The van der Waals surface area contributed by atoms with E-state index in [-0.39, 0.29) is 24.5 Å². The highest BCUT2D eigenvalue weighted by molar-refractivity contribution is 5.93. The maximum atomic E-state index is 13.9. The predicted octanol–water partition coefficient (Wildman–Crippen LogP) is 6.46. The lowest BCUT2D eigenvalue weighted by molar-refractivity contribution is -0.134. The lowest BCUT2D eigenvalue weighted by Crippen LogP contribution is -2.48. The van der Waals surface area contributed by atoms with Gasteiger partial charge < -0.3 is 24.4 Å². The van der Waals surface area contributed by atoms with Gasteiger partial charge in [0.05, 0.1) is 6.04 Å². The zero-order valence-electron chi connectivity index (χ0n) is 22.4. The topological polar surface area (TPSA) is 66.8 Å². The first-order chi connectivity index (χ1) is 19.0. The van der Waals surface area contributed by atoms with Crippen LogP contribution in [0.5, 0.6) is 11.5 Å². The van der Waals surface area contributed by atoms with Crippen molar-refractivity contribution in [2.75, 3.05) is 25.0 Å². The van der Waals surface area contributed by atoms with E-state index < -0.39 is 0 Å². The van der Waals surface area contributed by atoms with E-state index in [4.69, 9.17) is 4.74 Å². The second-order valence-corrected chi connectivity index (χ2v) is 9.77. The lowest BCUT2D eigenvalue weighted by atomic mass is 9.99. The Bertz CT molecular complexity index is 1430. The Balaban J connectivity index is 1.39. The van der Waals surface area contributed by atoms with E-state index in [1.165, 1.54) is 0 Å². The molecular formula is C32H34N4O3. The number of aromatic nitrogens is 1. The summed E-state index contributed by atoms with van der Waals surface area (Å²) in [7, 11) is 0. The molecule has 0 unspecified atom stereocenters. The first-order valence-electron chi connectivity index (χ1n) is 13.4. The molecule has 3 aromatic carbocycles. The number of carbonyl (C=O) groups is 2. The van der Waals surface area contributed by atoms with Crippen LogP contribution in [0.3, 0.4) is 0 Å². The maximum Gasteiger partial charge on any atom is 0.322 e. The van der Waals surface area contributed by atoms with E-state index in [2.05, 4.69) is 16.0 Å². The number of amides is 3. The molecule has 0 bridgehead atoms. The molecule has 1 atom stereocenters. The van der Waals surface area contributed by atoms with Crippen LogP contribution >= 0.6 is 0 Å². The average Bonchev–Trinajstić information content (AvgIpc) is 3.43. The number of nitrogens with zero attached hydrogens (tertiary/aromatic N) is 3. The van der Waals surface area contributed by atoms with Crippen molar-refractivity contribution in [2.45, 2.75) is 32.9 Å². The van der Waals surface area contributed by atoms with E-state index in [1.807, 2.05) is 110 Å². The fourth-order valence-electron chi connectivity index (χ4n) is 5.06. The van der Waals surface area contributed by atoms with Crippen LogP contribution in [-0.2, 0) is 11.3 Å². The molecule has 1 aliphatic rings. The number of anilines is 1. The van der Waals surface area contributed by atoms with Gasteiger partial charge in [-0.1, -0.05) is 55.5 Å². The summed E-state index contributed by atoms with van der Waals surface area (Å²) >= 11 is 0. The molecule has 0 aliphatic carbocycles. The third-order valence-electron chi connectivity index (χ3n) is 7.00. The molecular weight excluding hydrogens is 488 g/mol. The van der Waals surface area contributed by atoms with E-state index in [0.717, 1.165) is 34.7 Å². The number of hydrogen-bond donors (Lipinski definition) is 1. The van der Waals surface area contributed by atoms with Crippen molar-refractivity contribution in [2.24, 2.45) is 0 Å². The molecule has 0 saturated heterocycles. The Hall–Kier alpha value is -4.52. The highest BCUT2D eigenvalue weighted by atomic mass is 16.5. The molecule has 39 heavy (non-hydrogen) atoms. The summed E-state index contributed by atoms with van der Waals surface area (Å²) < 4.78 is 8.29. The van der Waals surface area contributed by atoms with Crippen molar-refractivity contribution in [1.82, 2.24) is 14.4 Å². The summed E-state index contributed by atoms with van der Waals surface area (Å²) in [6, 6.07) is 28.7. The van der Waals surface area contributed by atoms with Crippen LogP contribution in [0.15, 0.2) is 97.2 Å². The Labute approximate surface area is 229 Å². The van der Waals surface area contributed by atoms with Gasteiger partial charge in [0.25, 0.3) is 0 Å². The summed E-state index contributed by atoms with van der Waals surface area (Å²) in [4.78, 5) is 30.6. The molecule has 1 aromatic heterocycles. The normalized spacial score (nSPS) is 14.4. The molecule has 0 fully saturated rings. The molecule has 5 rings (SSSR count). The molecule has 4 aromatic rings. The molecule has 3 amide bonds. The van der Waals surface area contributed by atoms with Gasteiger partial charge >= 0.3 is 6.03 Å². The van der Waals surface area contributed by atoms with Crippen LogP contribution in [0.4, 0.5) is 10.5 Å². The van der Waals surface area contributed by atoms with E-state index in [9.17, 15) is 9.59 Å². The molecule has 200 valence electrons. The van der Waals surface area contributed by atoms with Crippen LogP contribution < -0.4 is 10.1 Å². The maximum absolute atomic E-state index is 13.9. The number of para-hydroxylation sites is 2. The Morgan fingerprint density at radius 2 is 1.69 bits per heavy atom. The van der Waals surface area contributed by atoms with Gasteiger partial charge in [0.1, 0.15) is 18.0 Å². The minimum Gasteiger partial charge on any atom is -0.457 e. The fraction of sp³-hybridized carbons (Fsp3) is 0.250. The monoisotopic (exact) mass is 522 g/mol. The van der Waals surface area contributed by atoms with Gasteiger partial charge in [-0.15, -0.1) is 0 Å². The first-order valence-corrected chi connectivity index (χ1v) is 13.4. The van der Waals surface area contributed by atoms with Gasteiger partial charge in [-0.25, -0.2) is 4.79 Å². The molecule has 0 saturated carbocycles. The third kappa shape index (κ3) is 5.98. The number of urea groups is 1. The second kappa shape index (κ2) is 11.9. The number of rotatable bonds is 8. The van der Waals surface area contributed by atoms with Crippen LogP contribution in [-0.4, -0.2) is 45.9 Å². The number of benzene rings is 3. The van der Waals surface area contributed by atoms with Gasteiger partial charge in [-0.2, -0.15) is 0 Å². The third-order valence-corrected chi connectivity index (χ3v) is 7.00. The second-order valence-electron chi connectivity index (χ2n) is 9.77. The zero-order valence-corrected chi connectivity index (χ0v) is 22.4. The number of hydrogen-bond acceptors (Lipinski definition) is 3. The van der Waals surface area contributed by atoms with Crippen molar-refractivity contribution in [3.05, 3.63) is 114 Å². The standard InChI is InChI=1S/C32H34N4O3/c1-3-18-35(32(38)33-28-16-8-7-11-24(28)2)23-30(37)36-21-20-34-19-10-17-29(34)31(36)25-12-9-15-27(22-25)39-26-13-5-4-6-14-26/h4-17,19,22,31H,3,18,20-21,23H2,1-2H3,(H,33,38)/t31-/m1/s1. The van der Waals surface area contributed by atoms with Gasteiger partial charge in [0, 0.05) is 37.2 Å². The SMILES string of the molecule is CCCN(CC(=O)N1CCn2cccc2[C@H]1c1cccc(Oc2ccccc2)c1)C(=O)Nc1ccccc1C. The molecule has 1 N–H and O–H groups in total. The van der Waals surface area contributed by atoms with Gasteiger partial charge in [-0.3, -0.25) is 4.79 Å². The van der Waals surface area contributed by atoms with Crippen molar-refractivity contribution < 1.29 is 14.3 Å². The summed E-state index contributed by atoms with van der Waals surface area (Å²) in [6.45, 7) is 5.70. The zero-order chi connectivity index (χ0) is 27.2. The quantitative estimate of drug-likeness (QED) is 0.289. The first kappa shape index (κ1) is 26.1. The van der Waals surface area contributed by atoms with Crippen LogP contribution in [0.2, 0.25) is 0 Å². The number of aryl methyl sites for hydroxylation is 1. The van der Waals surface area contributed by atoms with Crippen LogP contribution in [0.1, 0.15) is 36.2 Å². The molecule has 7 heteroatoms. The minimum atomic E-state index is -0.288. The largest absolute Gasteiger partial charge is 0.457 e. The molecule has 7 nitrogen and oxygen atoms in total. The number of fused-ring (bicyclic) bond motifs is 1. The summed E-state index contributed by atoms with van der Waals surface area (Å²) in [5.74, 6) is 1.37. The smallest absolute Gasteiger partial charge is 0.322 e. The van der Waals surface area contributed by atoms with E-state index in [0.29, 0.717) is 25.4 Å². The van der Waals surface area contributed by atoms with E-state index >= 15 is 0 Å².